The van der Waals surface area contributed by atoms with Crippen LogP contribution >= 0.6 is 11.6 Å². The first-order valence-electron chi connectivity index (χ1n) is 8.86. The Hall–Kier alpha value is -2.55. The Morgan fingerprint density at radius 3 is 2.82 bits per heavy atom. The molecule has 0 radical (unpaired) electrons. The van der Waals surface area contributed by atoms with Crippen molar-refractivity contribution in [3.05, 3.63) is 46.7 Å². The number of anilines is 2. The fourth-order valence-corrected chi connectivity index (χ4v) is 3.62. The van der Waals surface area contributed by atoms with Gasteiger partial charge in [-0.15, -0.1) is 15.3 Å². The van der Waals surface area contributed by atoms with Gasteiger partial charge in [0.2, 0.25) is 0 Å². The fraction of sp³-hybridized carbons (Fsp3) is 0.389. The minimum Gasteiger partial charge on any atom is -0.371 e. The zero-order valence-corrected chi connectivity index (χ0v) is 15.8. The standard InChI is InChI=1S/C18H18ClF3N6/c1-11-2-3-13(19)8-14(11)27-7-6-12(10-27)9-23-15-4-5-16-24-25-17(18(20,21)22)28(16)26-15/h2-5,8,12H,6-7,9-10H2,1H3,(H,23,26). The van der Waals surface area contributed by atoms with E-state index in [9.17, 15) is 13.2 Å². The summed E-state index contributed by atoms with van der Waals surface area (Å²) in [5, 5.41) is 14.5. The maximum Gasteiger partial charge on any atom is 0.453 e. The monoisotopic (exact) mass is 410 g/mol. The van der Waals surface area contributed by atoms with Crippen LogP contribution in [-0.2, 0) is 6.18 Å². The number of nitrogens with zero attached hydrogens (tertiary/aromatic N) is 5. The fourth-order valence-electron chi connectivity index (χ4n) is 3.45. The van der Waals surface area contributed by atoms with Crippen molar-refractivity contribution >= 4 is 28.8 Å². The predicted octanol–water partition coefficient (Wildman–Crippen LogP) is 4.04. The molecule has 1 saturated heterocycles. The van der Waals surface area contributed by atoms with Crippen molar-refractivity contribution in [3.8, 4) is 0 Å². The molecule has 3 heterocycles. The van der Waals surface area contributed by atoms with Crippen LogP contribution in [0, 0.1) is 12.8 Å². The highest BCUT2D eigenvalue weighted by Gasteiger charge is 2.37. The average Bonchev–Trinajstić information content (AvgIpc) is 3.28. The summed E-state index contributed by atoms with van der Waals surface area (Å²) in [5.74, 6) is -0.427. The van der Waals surface area contributed by atoms with Gasteiger partial charge in [-0.1, -0.05) is 17.7 Å². The molecule has 1 aliphatic rings. The first kappa shape index (κ1) is 18.8. The number of alkyl halides is 3. The van der Waals surface area contributed by atoms with Crippen LogP contribution in [0.2, 0.25) is 5.02 Å². The van der Waals surface area contributed by atoms with Gasteiger partial charge in [0.15, 0.2) is 5.65 Å². The third-order valence-corrected chi connectivity index (χ3v) is 5.12. The molecule has 1 fully saturated rings. The number of rotatable bonds is 4. The van der Waals surface area contributed by atoms with E-state index in [2.05, 4.69) is 25.5 Å². The third-order valence-electron chi connectivity index (χ3n) is 4.89. The molecular weight excluding hydrogens is 393 g/mol. The van der Waals surface area contributed by atoms with Crippen LogP contribution in [-0.4, -0.2) is 39.4 Å². The minimum atomic E-state index is -4.61. The minimum absolute atomic E-state index is 0.0568. The molecule has 148 valence electrons. The highest BCUT2D eigenvalue weighted by Crippen LogP contribution is 2.30. The molecule has 1 unspecified atom stereocenters. The van der Waals surface area contributed by atoms with Crippen molar-refractivity contribution in [1.82, 2.24) is 19.8 Å². The molecular formula is C18H18ClF3N6. The highest BCUT2D eigenvalue weighted by molar-refractivity contribution is 6.30. The second kappa shape index (κ2) is 7.12. The highest BCUT2D eigenvalue weighted by atomic mass is 35.5. The second-order valence-corrected chi connectivity index (χ2v) is 7.36. The number of aromatic nitrogens is 4. The molecule has 2 aromatic heterocycles. The maximum absolute atomic E-state index is 13.0. The summed E-state index contributed by atoms with van der Waals surface area (Å²) >= 11 is 6.12. The van der Waals surface area contributed by atoms with Gasteiger partial charge in [0.05, 0.1) is 0 Å². The van der Waals surface area contributed by atoms with Gasteiger partial charge in [-0.3, -0.25) is 0 Å². The average molecular weight is 411 g/mol. The van der Waals surface area contributed by atoms with Gasteiger partial charge < -0.3 is 10.2 Å². The van der Waals surface area contributed by atoms with Crippen LogP contribution in [0.4, 0.5) is 24.7 Å². The topological polar surface area (TPSA) is 58.3 Å². The van der Waals surface area contributed by atoms with Crippen molar-refractivity contribution in [3.63, 3.8) is 0 Å². The number of nitrogens with one attached hydrogen (secondary N) is 1. The molecule has 0 spiro atoms. The van der Waals surface area contributed by atoms with E-state index in [0.717, 1.165) is 35.3 Å². The van der Waals surface area contributed by atoms with Crippen molar-refractivity contribution < 1.29 is 13.2 Å². The third kappa shape index (κ3) is 3.71. The molecule has 1 N–H and O–H groups in total. The van der Waals surface area contributed by atoms with Crippen molar-refractivity contribution in [2.24, 2.45) is 5.92 Å². The van der Waals surface area contributed by atoms with Gasteiger partial charge in [0.25, 0.3) is 5.82 Å². The largest absolute Gasteiger partial charge is 0.453 e. The van der Waals surface area contributed by atoms with Crippen LogP contribution in [0.15, 0.2) is 30.3 Å². The summed E-state index contributed by atoms with van der Waals surface area (Å²) in [7, 11) is 0. The van der Waals surface area contributed by atoms with Gasteiger partial charge >= 0.3 is 6.18 Å². The first-order chi connectivity index (χ1) is 13.3. The number of benzene rings is 1. The predicted molar refractivity (Wildman–Crippen MR) is 101 cm³/mol. The van der Waals surface area contributed by atoms with Gasteiger partial charge in [0, 0.05) is 30.3 Å². The molecule has 6 nitrogen and oxygen atoms in total. The molecule has 0 saturated carbocycles. The zero-order chi connectivity index (χ0) is 19.9. The van der Waals surface area contributed by atoms with Crippen LogP contribution < -0.4 is 10.2 Å². The second-order valence-electron chi connectivity index (χ2n) is 6.92. The summed E-state index contributed by atoms with van der Waals surface area (Å²) in [6.45, 7) is 4.41. The summed E-state index contributed by atoms with van der Waals surface area (Å²) in [5.41, 5.74) is 2.34. The lowest BCUT2D eigenvalue weighted by atomic mass is 10.1. The molecule has 0 bridgehead atoms. The number of hydrogen-bond donors (Lipinski definition) is 1. The summed E-state index contributed by atoms with van der Waals surface area (Å²) in [6, 6.07) is 8.91. The Balaban J connectivity index is 1.43. The van der Waals surface area contributed by atoms with Gasteiger partial charge in [0.1, 0.15) is 5.82 Å². The van der Waals surface area contributed by atoms with E-state index in [4.69, 9.17) is 11.6 Å². The maximum atomic E-state index is 13.0. The summed E-state index contributed by atoms with van der Waals surface area (Å²) < 4.78 is 39.7. The SMILES string of the molecule is Cc1ccc(Cl)cc1N1CCC(CNc2ccc3nnc(C(F)(F)F)n3n2)C1. The van der Waals surface area contributed by atoms with Crippen LogP contribution in [0.3, 0.4) is 0 Å². The number of fused-ring (bicyclic) bond motifs is 1. The number of aryl methyl sites for hydroxylation is 1. The normalized spacial score (nSPS) is 17.5. The van der Waals surface area contributed by atoms with E-state index in [1.807, 2.05) is 25.1 Å². The van der Waals surface area contributed by atoms with E-state index in [0.29, 0.717) is 23.3 Å². The van der Waals surface area contributed by atoms with Crippen LogP contribution in [0.1, 0.15) is 17.8 Å². The van der Waals surface area contributed by atoms with E-state index < -0.39 is 12.0 Å². The quantitative estimate of drug-likeness (QED) is 0.703. The van der Waals surface area contributed by atoms with Crippen molar-refractivity contribution in [2.75, 3.05) is 29.9 Å². The Morgan fingerprint density at radius 1 is 1.21 bits per heavy atom. The van der Waals surface area contributed by atoms with Crippen LogP contribution in [0.25, 0.3) is 5.65 Å². The Labute approximate surface area is 164 Å². The Kier molecular flexibility index (Phi) is 4.78. The van der Waals surface area contributed by atoms with Crippen LogP contribution in [0.5, 0.6) is 0 Å². The first-order valence-corrected chi connectivity index (χ1v) is 9.24. The van der Waals surface area contributed by atoms with Gasteiger partial charge in [-0.05, 0) is 49.1 Å². The van der Waals surface area contributed by atoms with Crippen molar-refractivity contribution in [1.29, 1.82) is 0 Å². The van der Waals surface area contributed by atoms with Gasteiger partial charge in [-0.2, -0.15) is 17.7 Å². The number of hydrogen-bond acceptors (Lipinski definition) is 5. The Morgan fingerprint density at radius 2 is 2.04 bits per heavy atom. The lowest BCUT2D eigenvalue weighted by Gasteiger charge is -2.21. The van der Waals surface area contributed by atoms with E-state index in [-0.39, 0.29) is 5.65 Å². The molecule has 10 heteroatoms. The summed E-state index contributed by atoms with van der Waals surface area (Å²) in [4.78, 5) is 2.28. The molecule has 0 amide bonds. The molecule has 3 aromatic rings. The smallest absolute Gasteiger partial charge is 0.371 e. The molecule has 1 aliphatic heterocycles. The van der Waals surface area contributed by atoms with E-state index in [1.165, 1.54) is 6.07 Å². The zero-order valence-electron chi connectivity index (χ0n) is 15.0. The van der Waals surface area contributed by atoms with Crippen molar-refractivity contribution in [2.45, 2.75) is 19.5 Å². The van der Waals surface area contributed by atoms with Gasteiger partial charge in [-0.25, -0.2) is 0 Å². The lowest BCUT2D eigenvalue weighted by Crippen LogP contribution is -2.23. The molecule has 1 atom stereocenters. The lowest BCUT2D eigenvalue weighted by molar-refractivity contribution is -0.146. The molecule has 4 rings (SSSR count). The molecule has 28 heavy (non-hydrogen) atoms. The molecule has 0 aliphatic carbocycles. The van der Waals surface area contributed by atoms with E-state index >= 15 is 0 Å². The van der Waals surface area contributed by atoms with E-state index in [1.54, 1.807) is 6.07 Å². The number of halogens is 4. The summed E-state index contributed by atoms with van der Waals surface area (Å²) in [6.07, 6.45) is -3.63. The Bertz CT molecular complexity index is 1000. The molecule has 1 aromatic carbocycles.